The highest BCUT2D eigenvalue weighted by Gasteiger charge is 2.45. The number of rotatable bonds is 7. The van der Waals surface area contributed by atoms with Gasteiger partial charge in [0.05, 0.1) is 10.9 Å². The third-order valence-corrected chi connectivity index (χ3v) is 9.85. The molecule has 1 amide bonds. The minimum atomic E-state index is -0.530. The van der Waals surface area contributed by atoms with Gasteiger partial charge >= 0.3 is 6.01 Å². The molecule has 2 aromatic carbocycles. The molecule has 1 atom stereocenters. The lowest BCUT2D eigenvalue weighted by Gasteiger charge is -2.39. The molecule has 230 valence electrons. The van der Waals surface area contributed by atoms with Gasteiger partial charge in [-0.25, -0.2) is 15.9 Å². The number of anilines is 1. The van der Waals surface area contributed by atoms with Gasteiger partial charge in [-0.1, -0.05) is 48.5 Å². The Hall–Kier alpha value is -4.33. The van der Waals surface area contributed by atoms with Gasteiger partial charge in [0.2, 0.25) is 12.5 Å². The number of nitrogens with zero attached hydrogens (tertiary/aromatic N) is 7. The lowest BCUT2D eigenvalue weighted by atomic mass is 9.95. The molecule has 4 aromatic rings. The number of halogens is 2. The summed E-state index contributed by atoms with van der Waals surface area (Å²) in [5.41, 5.74) is 0.992. The van der Waals surface area contributed by atoms with Crippen LogP contribution < -0.4 is 9.64 Å². The molecule has 3 aliphatic heterocycles. The average molecular weight is 626 g/mol. The standard InChI is InChI=1S/C34H33ClFN7O2/c1-3-28(44)43-17-16-41(20-23(43)19-37-2)32-25-18-27(36)30(24-10-4-8-22-9-5-11-26(35)29(22)24)38-31(25)39-33(40-32)45-21-34-12-6-14-42(34)15-7-13-34/h3-5,8-11,18,23H,1,6-7,12-17,19-21H2/t23-/m0/s1. The van der Waals surface area contributed by atoms with Gasteiger partial charge in [0.25, 0.3) is 0 Å². The monoisotopic (exact) mass is 625 g/mol. The summed E-state index contributed by atoms with van der Waals surface area (Å²) in [5, 5.41) is 2.53. The number of carbonyl (C=O) groups excluding carboxylic acids is 1. The van der Waals surface area contributed by atoms with E-state index in [4.69, 9.17) is 37.9 Å². The number of carbonyl (C=O) groups is 1. The van der Waals surface area contributed by atoms with Crippen LogP contribution >= 0.6 is 11.6 Å². The van der Waals surface area contributed by atoms with Crippen molar-refractivity contribution in [2.24, 2.45) is 0 Å². The molecule has 3 aliphatic rings. The van der Waals surface area contributed by atoms with Crippen LogP contribution in [-0.2, 0) is 4.79 Å². The van der Waals surface area contributed by atoms with E-state index in [1.807, 2.05) is 35.2 Å². The minimum Gasteiger partial charge on any atom is -0.461 e. The van der Waals surface area contributed by atoms with Crippen molar-refractivity contribution in [1.82, 2.24) is 24.8 Å². The van der Waals surface area contributed by atoms with Gasteiger partial charge in [-0.15, -0.1) is 0 Å². The highest BCUT2D eigenvalue weighted by Crippen LogP contribution is 2.40. The second kappa shape index (κ2) is 11.9. The van der Waals surface area contributed by atoms with Gasteiger partial charge in [-0.3, -0.25) is 9.69 Å². The van der Waals surface area contributed by atoms with Gasteiger partial charge < -0.3 is 19.4 Å². The number of benzene rings is 2. The molecule has 9 nitrogen and oxygen atoms in total. The summed E-state index contributed by atoms with van der Waals surface area (Å²) in [7, 11) is 0. The Balaban J connectivity index is 1.33. The summed E-state index contributed by atoms with van der Waals surface area (Å²) in [6.45, 7) is 15.0. The first-order valence-corrected chi connectivity index (χ1v) is 15.7. The maximum atomic E-state index is 16.1. The zero-order valence-corrected chi connectivity index (χ0v) is 25.6. The molecular formula is C34H33ClFN7O2. The third kappa shape index (κ3) is 5.24. The molecule has 11 heteroatoms. The zero-order chi connectivity index (χ0) is 31.1. The van der Waals surface area contributed by atoms with Crippen molar-refractivity contribution in [2.75, 3.05) is 50.8 Å². The fraction of sp³-hybridized carbons (Fsp3) is 0.382. The summed E-state index contributed by atoms with van der Waals surface area (Å²) in [6, 6.07) is 12.4. The van der Waals surface area contributed by atoms with Gasteiger partial charge in [0.15, 0.2) is 5.65 Å². The molecule has 0 radical (unpaired) electrons. The first-order valence-electron chi connectivity index (χ1n) is 15.4. The van der Waals surface area contributed by atoms with Crippen LogP contribution in [0.3, 0.4) is 0 Å². The lowest BCUT2D eigenvalue weighted by molar-refractivity contribution is -0.128. The van der Waals surface area contributed by atoms with Crippen LogP contribution in [0.5, 0.6) is 6.01 Å². The van der Waals surface area contributed by atoms with E-state index in [9.17, 15) is 4.79 Å². The van der Waals surface area contributed by atoms with Crippen LogP contribution in [-0.4, -0.2) is 88.1 Å². The summed E-state index contributed by atoms with van der Waals surface area (Å²) in [5.74, 6) is -0.280. The van der Waals surface area contributed by atoms with E-state index in [0.29, 0.717) is 59.1 Å². The first kappa shape index (κ1) is 29.4. The molecule has 7 rings (SSSR count). The van der Waals surface area contributed by atoms with Crippen LogP contribution in [0.25, 0.3) is 37.9 Å². The zero-order valence-electron chi connectivity index (χ0n) is 24.9. The number of pyridine rings is 1. The predicted molar refractivity (Wildman–Crippen MR) is 173 cm³/mol. The quantitative estimate of drug-likeness (QED) is 0.191. The number of ether oxygens (including phenoxy) is 1. The highest BCUT2D eigenvalue weighted by molar-refractivity contribution is 6.36. The second-order valence-corrected chi connectivity index (χ2v) is 12.5. The van der Waals surface area contributed by atoms with E-state index < -0.39 is 5.82 Å². The highest BCUT2D eigenvalue weighted by atomic mass is 35.5. The van der Waals surface area contributed by atoms with Crippen molar-refractivity contribution in [3.05, 3.63) is 77.4 Å². The Morgan fingerprint density at radius 3 is 2.67 bits per heavy atom. The number of piperazine rings is 1. The molecule has 0 bridgehead atoms. The molecule has 0 aliphatic carbocycles. The van der Waals surface area contributed by atoms with Gasteiger partial charge in [-0.2, -0.15) is 9.97 Å². The van der Waals surface area contributed by atoms with Crippen molar-refractivity contribution in [2.45, 2.75) is 37.3 Å². The lowest BCUT2D eigenvalue weighted by Crippen LogP contribution is -2.56. The number of hydrogen-bond donors (Lipinski definition) is 0. The second-order valence-electron chi connectivity index (χ2n) is 12.0. The normalized spacial score (nSPS) is 19.5. The van der Waals surface area contributed by atoms with Gasteiger partial charge in [-0.05, 0) is 62.4 Å². The summed E-state index contributed by atoms with van der Waals surface area (Å²) in [6.07, 6.45) is 5.69. The van der Waals surface area contributed by atoms with Crippen LogP contribution in [0.15, 0.2) is 55.1 Å². The maximum absolute atomic E-state index is 16.1. The van der Waals surface area contributed by atoms with Gasteiger partial charge in [0, 0.05) is 35.6 Å². The van der Waals surface area contributed by atoms with Crippen molar-refractivity contribution in [3.63, 3.8) is 0 Å². The Bertz CT molecular complexity index is 1850. The van der Waals surface area contributed by atoms with Crippen LogP contribution in [0, 0.1) is 12.4 Å². The van der Waals surface area contributed by atoms with Crippen LogP contribution in [0.1, 0.15) is 25.7 Å². The number of amides is 1. The predicted octanol–water partition coefficient (Wildman–Crippen LogP) is 5.77. The average Bonchev–Trinajstić information content (AvgIpc) is 3.64. The Kier molecular flexibility index (Phi) is 7.76. The number of aromatic nitrogens is 3. The van der Waals surface area contributed by atoms with E-state index in [1.54, 1.807) is 11.0 Å². The molecule has 3 fully saturated rings. The number of fused-ring (bicyclic) bond motifs is 3. The molecule has 3 saturated heterocycles. The Morgan fingerprint density at radius 2 is 1.91 bits per heavy atom. The molecule has 2 aromatic heterocycles. The smallest absolute Gasteiger partial charge is 0.320 e. The molecule has 0 unspecified atom stereocenters. The first-order chi connectivity index (χ1) is 21.9. The summed E-state index contributed by atoms with van der Waals surface area (Å²) in [4.78, 5) is 36.6. The molecule has 0 saturated carbocycles. The SMILES string of the molecule is [C-]#[N+]C[C@H]1CN(c2nc(OCC34CCCN3CCC4)nc3nc(-c4cccc5cccc(Cl)c45)c(F)cc23)CCN1C(=O)C=C. The molecular weight excluding hydrogens is 593 g/mol. The van der Waals surface area contributed by atoms with Gasteiger partial charge in [0.1, 0.15) is 30.0 Å². The minimum absolute atomic E-state index is 0.0169. The summed E-state index contributed by atoms with van der Waals surface area (Å²) < 4.78 is 22.5. The Morgan fingerprint density at radius 1 is 1.13 bits per heavy atom. The van der Waals surface area contributed by atoms with Crippen molar-refractivity contribution in [1.29, 1.82) is 0 Å². The van der Waals surface area contributed by atoms with E-state index in [-0.39, 0.29) is 35.7 Å². The summed E-state index contributed by atoms with van der Waals surface area (Å²) >= 11 is 6.60. The molecule has 45 heavy (non-hydrogen) atoms. The van der Waals surface area contributed by atoms with Crippen molar-refractivity contribution in [3.8, 4) is 17.3 Å². The molecule has 0 N–H and O–H groups in total. The maximum Gasteiger partial charge on any atom is 0.320 e. The van der Waals surface area contributed by atoms with E-state index in [0.717, 1.165) is 44.2 Å². The molecule has 5 heterocycles. The number of hydrogen-bond acceptors (Lipinski definition) is 7. The van der Waals surface area contributed by atoms with E-state index >= 15 is 4.39 Å². The van der Waals surface area contributed by atoms with E-state index in [2.05, 4.69) is 16.3 Å². The van der Waals surface area contributed by atoms with Crippen molar-refractivity contribution >= 4 is 45.1 Å². The molecule has 0 spiro atoms. The Labute approximate surface area is 266 Å². The van der Waals surface area contributed by atoms with Crippen LogP contribution in [0.4, 0.5) is 10.2 Å². The topological polar surface area (TPSA) is 79.1 Å². The van der Waals surface area contributed by atoms with Crippen molar-refractivity contribution < 1.29 is 13.9 Å². The fourth-order valence-electron chi connectivity index (χ4n) is 7.36. The largest absolute Gasteiger partial charge is 0.461 e. The fourth-order valence-corrected chi connectivity index (χ4v) is 7.64. The third-order valence-electron chi connectivity index (χ3n) is 9.53. The van der Waals surface area contributed by atoms with Crippen LogP contribution in [0.2, 0.25) is 5.02 Å². The van der Waals surface area contributed by atoms with E-state index in [1.165, 1.54) is 12.1 Å².